The second-order valence-electron chi connectivity index (χ2n) is 5.76. The van der Waals surface area contributed by atoms with Crippen molar-refractivity contribution in [2.24, 2.45) is 0 Å². The highest BCUT2D eigenvalue weighted by molar-refractivity contribution is 5.86. The summed E-state index contributed by atoms with van der Waals surface area (Å²) in [6.45, 7) is 1.95. The normalized spacial score (nSPS) is 19.1. The van der Waals surface area contributed by atoms with Crippen LogP contribution in [0.25, 0.3) is 10.8 Å². The highest BCUT2D eigenvalue weighted by atomic mass is 16.4. The van der Waals surface area contributed by atoms with Crippen LogP contribution in [0.2, 0.25) is 0 Å². The molecule has 0 spiro atoms. The molecule has 1 N–H and O–H groups in total. The first-order valence-corrected chi connectivity index (χ1v) is 7.69. The summed E-state index contributed by atoms with van der Waals surface area (Å²) >= 11 is 0. The van der Waals surface area contributed by atoms with E-state index in [0.717, 1.165) is 19.5 Å². The molecule has 3 nitrogen and oxygen atoms in total. The zero-order valence-electron chi connectivity index (χ0n) is 12.2. The fourth-order valence-corrected chi connectivity index (χ4v) is 3.42. The predicted molar refractivity (Wildman–Crippen MR) is 84.4 cm³/mol. The van der Waals surface area contributed by atoms with Crippen LogP contribution in [-0.4, -0.2) is 29.1 Å². The molecule has 0 aliphatic carbocycles. The summed E-state index contributed by atoms with van der Waals surface area (Å²) in [6.07, 6.45) is 3.36. The van der Waals surface area contributed by atoms with E-state index in [2.05, 4.69) is 47.4 Å². The lowest BCUT2D eigenvalue weighted by molar-refractivity contribution is -0.137. The Morgan fingerprint density at radius 1 is 1.19 bits per heavy atom. The second-order valence-corrected chi connectivity index (χ2v) is 5.76. The smallest absolute Gasteiger partial charge is 0.303 e. The molecule has 21 heavy (non-hydrogen) atoms. The lowest BCUT2D eigenvalue weighted by Gasteiger charge is -2.25. The molecule has 0 amide bonds. The summed E-state index contributed by atoms with van der Waals surface area (Å²) in [5, 5.41) is 11.4. The van der Waals surface area contributed by atoms with E-state index in [1.54, 1.807) is 0 Å². The molecule has 0 unspecified atom stereocenters. The molecule has 2 aromatic carbocycles. The number of nitrogens with zero attached hydrogens (tertiary/aromatic N) is 1. The van der Waals surface area contributed by atoms with Gasteiger partial charge in [0.2, 0.25) is 0 Å². The van der Waals surface area contributed by atoms with Crippen molar-refractivity contribution in [3.63, 3.8) is 0 Å². The quantitative estimate of drug-likeness (QED) is 0.906. The van der Waals surface area contributed by atoms with E-state index in [1.165, 1.54) is 29.2 Å². The molecule has 1 aliphatic heterocycles. The zero-order chi connectivity index (χ0) is 14.7. The third-order valence-corrected chi connectivity index (χ3v) is 4.38. The Bertz CT molecular complexity index is 633. The fourth-order valence-electron chi connectivity index (χ4n) is 3.42. The molecule has 2 aromatic rings. The van der Waals surface area contributed by atoms with Gasteiger partial charge in [-0.1, -0.05) is 42.5 Å². The number of benzene rings is 2. The van der Waals surface area contributed by atoms with Crippen molar-refractivity contribution in [1.82, 2.24) is 4.90 Å². The van der Waals surface area contributed by atoms with Crippen molar-refractivity contribution in [2.75, 3.05) is 13.1 Å². The monoisotopic (exact) mass is 283 g/mol. The molecular formula is C18H21NO2. The van der Waals surface area contributed by atoms with Crippen molar-refractivity contribution >= 4 is 16.7 Å². The van der Waals surface area contributed by atoms with Crippen LogP contribution >= 0.6 is 0 Å². The van der Waals surface area contributed by atoms with Gasteiger partial charge in [-0.15, -0.1) is 0 Å². The first-order valence-electron chi connectivity index (χ1n) is 7.69. The number of carboxylic acid groups (broad SMARTS) is 1. The molecule has 1 fully saturated rings. The minimum absolute atomic E-state index is 0.263. The number of likely N-dealkylation sites (tertiary alicyclic amines) is 1. The molecule has 110 valence electrons. The number of carbonyl (C=O) groups is 1. The van der Waals surface area contributed by atoms with Crippen molar-refractivity contribution in [3.05, 3.63) is 48.0 Å². The van der Waals surface area contributed by atoms with Crippen LogP contribution in [0.1, 0.15) is 37.3 Å². The Balaban J connectivity index is 1.82. The molecule has 1 heterocycles. The van der Waals surface area contributed by atoms with Gasteiger partial charge in [0.1, 0.15) is 0 Å². The maximum Gasteiger partial charge on any atom is 0.303 e. The first kappa shape index (κ1) is 14.1. The van der Waals surface area contributed by atoms with Crippen LogP contribution < -0.4 is 0 Å². The molecule has 1 atom stereocenters. The minimum Gasteiger partial charge on any atom is -0.481 e. The van der Waals surface area contributed by atoms with Crippen molar-refractivity contribution in [1.29, 1.82) is 0 Å². The van der Waals surface area contributed by atoms with Crippen LogP contribution in [0.15, 0.2) is 42.5 Å². The Hall–Kier alpha value is -1.87. The molecule has 3 heteroatoms. The van der Waals surface area contributed by atoms with Gasteiger partial charge in [0.05, 0.1) is 0 Å². The van der Waals surface area contributed by atoms with Crippen LogP contribution in [0.3, 0.4) is 0 Å². The van der Waals surface area contributed by atoms with Gasteiger partial charge in [-0.25, -0.2) is 0 Å². The van der Waals surface area contributed by atoms with E-state index in [-0.39, 0.29) is 6.42 Å². The zero-order valence-corrected chi connectivity index (χ0v) is 12.2. The second kappa shape index (κ2) is 6.27. The summed E-state index contributed by atoms with van der Waals surface area (Å²) in [4.78, 5) is 13.1. The lowest BCUT2D eigenvalue weighted by atomic mass is 9.97. The van der Waals surface area contributed by atoms with Gasteiger partial charge >= 0.3 is 5.97 Å². The van der Waals surface area contributed by atoms with E-state index in [4.69, 9.17) is 5.11 Å². The summed E-state index contributed by atoms with van der Waals surface area (Å²) in [6, 6.07) is 15.5. The third-order valence-electron chi connectivity index (χ3n) is 4.38. The SMILES string of the molecule is O=C(O)CCCN1CCC[C@H]1c1cccc2ccccc12. The third kappa shape index (κ3) is 3.08. The van der Waals surface area contributed by atoms with Crippen LogP contribution in [-0.2, 0) is 4.79 Å². The number of hydrogen-bond donors (Lipinski definition) is 1. The van der Waals surface area contributed by atoms with Gasteiger partial charge in [-0.3, -0.25) is 9.69 Å². The van der Waals surface area contributed by atoms with E-state index in [9.17, 15) is 4.79 Å². The van der Waals surface area contributed by atoms with Gasteiger partial charge in [-0.05, 0) is 48.7 Å². The topological polar surface area (TPSA) is 40.5 Å². The minimum atomic E-state index is -0.698. The van der Waals surface area contributed by atoms with Gasteiger partial charge < -0.3 is 5.11 Å². The summed E-state index contributed by atoms with van der Waals surface area (Å²) in [7, 11) is 0. The van der Waals surface area contributed by atoms with E-state index in [0.29, 0.717) is 6.04 Å². The number of aliphatic carboxylic acids is 1. The highest BCUT2D eigenvalue weighted by Crippen LogP contribution is 2.35. The molecular weight excluding hydrogens is 262 g/mol. The van der Waals surface area contributed by atoms with E-state index >= 15 is 0 Å². The maximum absolute atomic E-state index is 10.7. The highest BCUT2D eigenvalue weighted by Gasteiger charge is 2.26. The molecule has 0 radical (unpaired) electrons. The number of carboxylic acids is 1. The molecule has 0 bridgehead atoms. The molecule has 0 saturated carbocycles. The average Bonchev–Trinajstić information content (AvgIpc) is 2.94. The summed E-state index contributed by atoms with van der Waals surface area (Å²) in [5.74, 6) is -0.698. The number of fused-ring (bicyclic) bond motifs is 1. The van der Waals surface area contributed by atoms with Crippen LogP contribution in [0.5, 0.6) is 0 Å². The summed E-state index contributed by atoms with van der Waals surface area (Å²) in [5.41, 5.74) is 1.39. The van der Waals surface area contributed by atoms with Gasteiger partial charge in [-0.2, -0.15) is 0 Å². The molecule has 0 aromatic heterocycles. The Labute approximate surface area is 125 Å². The lowest BCUT2D eigenvalue weighted by Crippen LogP contribution is -2.25. The molecule has 1 saturated heterocycles. The standard InChI is InChI=1S/C18H21NO2/c20-18(21)11-5-13-19-12-4-10-17(19)16-9-3-7-14-6-1-2-8-15(14)16/h1-3,6-9,17H,4-5,10-13H2,(H,20,21)/t17-/m0/s1. The van der Waals surface area contributed by atoms with Gasteiger partial charge in [0.25, 0.3) is 0 Å². The molecule has 1 aliphatic rings. The Morgan fingerprint density at radius 2 is 2.00 bits per heavy atom. The van der Waals surface area contributed by atoms with Gasteiger partial charge in [0.15, 0.2) is 0 Å². The number of hydrogen-bond acceptors (Lipinski definition) is 2. The van der Waals surface area contributed by atoms with Crippen molar-refractivity contribution in [3.8, 4) is 0 Å². The van der Waals surface area contributed by atoms with Crippen LogP contribution in [0, 0.1) is 0 Å². The fraction of sp³-hybridized carbons (Fsp3) is 0.389. The van der Waals surface area contributed by atoms with Crippen LogP contribution in [0.4, 0.5) is 0 Å². The Morgan fingerprint density at radius 3 is 2.86 bits per heavy atom. The van der Waals surface area contributed by atoms with Crippen molar-refractivity contribution in [2.45, 2.75) is 31.7 Å². The van der Waals surface area contributed by atoms with E-state index < -0.39 is 5.97 Å². The van der Waals surface area contributed by atoms with E-state index in [1.807, 2.05) is 0 Å². The predicted octanol–water partition coefficient (Wildman–Crippen LogP) is 3.84. The van der Waals surface area contributed by atoms with Gasteiger partial charge in [0, 0.05) is 12.5 Å². The van der Waals surface area contributed by atoms with Crippen molar-refractivity contribution < 1.29 is 9.90 Å². The number of rotatable bonds is 5. The largest absolute Gasteiger partial charge is 0.481 e. The maximum atomic E-state index is 10.7. The summed E-state index contributed by atoms with van der Waals surface area (Å²) < 4.78 is 0. The molecule has 3 rings (SSSR count). The Kier molecular flexibility index (Phi) is 4.20. The first-order chi connectivity index (χ1) is 10.3. The average molecular weight is 283 g/mol.